The number of furan rings is 1. The SMILES string of the molecule is CCCc1noc(COc2c(C#N)oc3ccccc23)n1. The third-order valence-corrected chi connectivity index (χ3v) is 2.98. The predicted octanol–water partition coefficient (Wildman–Crippen LogP) is 3.22. The second-order valence-electron chi connectivity index (χ2n) is 4.51. The fourth-order valence-electron chi connectivity index (χ4n) is 2.05. The molecule has 21 heavy (non-hydrogen) atoms. The molecule has 0 aliphatic rings. The van der Waals surface area contributed by atoms with Crippen LogP contribution in [0.15, 0.2) is 33.2 Å². The minimum atomic E-state index is 0.106. The van der Waals surface area contributed by atoms with E-state index in [2.05, 4.69) is 10.1 Å². The van der Waals surface area contributed by atoms with Gasteiger partial charge in [-0.15, -0.1) is 0 Å². The number of nitriles is 1. The van der Waals surface area contributed by atoms with Crippen LogP contribution in [0.2, 0.25) is 0 Å². The Bertz CT molecular complexity index is 798. The average Bonchev–Trinajstić information content (AvgIpc) is 3.09. The number of para-hydroxylation sites is 1. The van der Waals surface area contributed by atoms with E-state index >= 15 is 0 Å². The van der Waals surface area contributed by atoms with E-state index in [0.717, 1.165) is 18.2 Å². The van der Waals surface area contributed by atoms with Crippen LogP contribution in [0.3, 0.4) is 0 Å². The maximum Gasteiger partial charge on any atom is 0.264 e. The monoisotopic (exact) mass is 283 g/mol. The minimum absolute atomic E-state index is 0.106. The quantitative estimate of drug-likeness (QED) is 0.714. The summed E-state index contributed by atoms with van der Waals surface area (Å²) in [6, 6.07) is 9.31. The second-order valence-corrected chi connectivity index (χ2v) is 4.51. The normalized spacial score (nSPS) is 10.7. The fourth-order valence-corrected chi connectivity index (χ4v) is 2.05. The maximum atomic E-state index is 9.12. The van der Waals surface area contributed by atoms with E-state index < -0.39 is 0 Å². The fraction of sp³-hybridized carbons (Fsp3) is 0.267. The molecule has 3 rings (SSSR count). The number of nitrogens with zero attached hydrogens (tertiary/aromatic N) is 3. The van der Waals surface area contributed by atoms with Crippen LogP contribution in [-0.2, 0) is 13.0 Å². The lowest BCUT2D eigenvalue weighted by molar-refractivity contribution is 0.241. The van der Waals surface area contributed by atoms with Gasteiger partial charge in [-0.2, -0.15) is 10.2 Å². The Labute approximate surface area is 120 Å². The van der Waals surface area contributed by atoms with Gasteiger partial charge >= 0.3 is 0 Å². The molecule has 2 aromatic heterocycles. The molecule has 0 amide bonds. The Hall–Kier alpha value is -2.81. The molecule has 0 aliphatic carbocycles. The zero-order chi connectivity index (χ0) is 14.7. The standard InChI is InChI=1S/C15H13N3O3/c1-2-5-13-17-14(21-18-13)9-19-15-10-6-3-4-7-11(10)20-12(15)8-16/h3-4,6-7H,2,5,9H2,1H3. The lowest BCUT2D eigenvalue weighted by Gasteiger charge is -2.00. The summed E-state index contributed by atoms with van der Waals surface area (Å²) >= 11 is 0. The Morgan fingerprint density at radius 2 is 2.19 bits per heavy atom. The van der Waals surface area contributed by atoms with Crippen LogP contribution >= 0.6 is 0 Å². The molecule has 0 aliphatic heterocycles. The van der Waals surface area contributed by atoms with Crippen molar-refractivity contribution in [1.29, 1.82) is 5.26 Å². The van der Waals surface area contributed by atoms with Gasteiger partial charge < -0.3 is 13.7 Å². The van der Waals surface area contributed by atoms with Gasteiger partial charge in [0.25, 0.3) is 5.89 Å². The number of hydrogen-bond acceptors (Lipinski definition) is 6. The highest BCUT2D eigenvalue weighted by Crippen LogP contribution is 2.32. The van der Waals surface area contributed by atoms with Crippen molar-refractivity contribution in [3.05, 3.63) is 41.7 Å². The highest BCUT2D eigenvalue weighted by molar-refractivity contribution is 5.86. The van der Waals surface area contributed by atoms with Crippen LogP contribution < -0.4 is 4.74 Å². The molecular weight excluding hydrogens is 270 g/mol. The molecule has 106 valence electrons. The first-order chi connectivity index (χ1) is 10.3. The van der Waals surface area contributed by atoms with E-state index in [4.69, 9.17) is 18.9 Å². The van der Waals surface area contributed by atoms with Gasteiger partial charge in [-0.1, -0.05) is 24.2 Å². The van der Waals surface area contributed by atoms with Crippen molar-refractivity contribution >= 4 is 11.0 Å². The smallest absolute Gasteiger partial charge is 0.264 e. The van der Waals surface area contributed by atoms with E-state index in [1.807, 2.05) is 31.2 Å². The van der Waals surface area contributed by atoms with Gasteiger partial charge in [-0.05, 0) is 18.6 Å². The van der Waals surface area contributed by atoms with Crippen LogP contribution in [-0.4, -0.2) is 10.1 Å². The number of benzene rings is 1. The maximum absolute atomic E-state index is 9.12. The van der Waals surface area contributed by atoms with Crippen LogP contribution in [0, 0.1) is 11.3 Å². The number of fused-ring (bicyclic) bond motifs is 1. The van der Waals surface area contributed by atoms with Crippen LogP contribution in [0.4, 0.5) is 0 Å². The Morgan fingerprint density at radius 1 is 1.33 bits per heavy atom. The van der Waals surface area contributed by atoms with Gasteiger partial charge in [0.05, 0.1) is 5.39 Å². The molecule has 1 aromatic carbocycles. The van der Waals surface area contributed by atoms with Gasteiger partial charge in [-0.3, -0.25) is 0 Å². The third-order valence-electron chi connectivity index (χ3n) is 2.98. The summed E-state index contributed by atoms with van der Waals surface area (Å²) in [5.74, 6) is 1.59. The van der Waals surface area contributed by atoms with Crippen LogP contribution in [0.25, 0.3) is 11.0 Å². The molecule has 0 N–H and O–H groups in total. The number of rotatable bonds is 5. The first kappa shape index (κ1) is 13.2. The van der Waals surface area contributed by atoms with E-state index in [1.54, 1.807) is 6.07 Å². The summed E-state index contributed by atoms with van der Waals surface area (Å²) in [4.78, 5) is 4.22. The molecule has 6 heteroatoms. The van der Waals surface area contributed by atoms with Gasteiger partial charge in [0.1, 0.15) is 11.7 Å². The number of aryl methyl sites for hydroxylation is 1. The van der Waals surface area contributed by atoms with E-state index in [-0.39, 0.29) is 12.4 Å². The Balaban J connectivity index is 1.82. The van der Waals surface area contributed by atoms with Gasteiger partial charge in [0.2, 0.25) is 5.76 Å². The molecule has 0 atom stereocenters. The summed E-state index contributed by atoms with van der Waals surface area (Å²) in [6.45, 7) is 2.15. The summed E-state index contributed by atoms with van der Waals surface area (Å²) in [5.41, 5.74) is 0.612. The molecule has 0 saturated heterocycles. The number of hydrogen-bond donors (Lipinski definition) is 0. The number of ether oxygens (including phenoxy) is 1. The van der Waals surface area contributed by atoms with Crippen molar-refractivity contribution < 1.29 is 13.7 Å². The molecular formula is C15H13N3O3. The molecule has 0 unspecified atom stereocenters. The van der Waals surface area contributed by atoms with Crippen molar-refractivity contribution in [1.82, 2.24) is 10.1 Å². The molecule has 0 radical (unpaired) electrons. The van der Waals surface area contributed by atoms with Crippen LogP contribution in [0.1, 0.15) is 30.8 Å². The van der Waals surface area contributed by atoms with Crippen molar-refractivity contribution in [3.8, 4) is 11.8 Å². The second kappa shape index (κ2) is 5.67. The summed E-state index contributed by atoms with van der Waals surface area (Å²) in [7, 11) is 0. The van der Waals surface area contributed by atoms with Crippen molar-refractivity contribution in [2.75, 3.05) is 0 Å². The van der Waals surface area contributed by atoms with Crippen molar-refractivity contribution in [3.63, 3.8) is 0 Å². The molecule has 0 bridgehead atoms. The van der Waals surface area contributed by atoms with Crippen molar-refractivity contribution in [2.45, 2.75) is 26.4 Å². The average molecular weight is 283 g/mol. The Kier molecular flexibility index (Phi) is 3.56. The summed E-state index contributed by atoms with van der Waals surface area (Å²) in [6.07, 6.45) is 1.71. The summed E-state index contributed by atoms with van der Waals surface area (Å²) in [5, 5.41) is 13.7. The molecule has 0 spiro atoms. The largest absolute Gasteiger partial charge is 0.478 e. The lowest BCUT2D eigenvalue weighted by atomic mass is 10.2. The van der Waals surface area contributed by atoms with Crippen LogP contribution in [0.5, 0.6) is 5.75 Å². The minimum Gasteiger partial charge on any atom is -0.478 e. The zero-order valence-corrected chi connectivity index (χ0v) is 11.5. The summed E-state index contributed by atoms with van der Waals surface area (Å²) < 4.78 is 16.2. The topological polar surface area (TPSA) is 85.1 Å². The van der Waals surface area contributed by atoms with E-state index in [9.17, 15) is 0 Å². The highest BCUT2D eigenvalue weighted by atomic mass is 16.5. The predicted molar refractivity (Wildman–Crippen MR) is 73.6 cm³/mol. The zero-order valence-electron chi connectivity index (χ0n) is 11.5. The molecule has 6 nitrogen and oxygen atoms in total. The molecule has 0 fully saturated rings. The van der Waals surface area contributed by atoms with Gasteiger partial charge in [0.15, 0.2) is 18.2 Å². The first-order valence-corrected chi connectivity index (χ1v) is 6.67. The van der Waals surface area contributed by atoms with E-state index in [0.29, 0.717) is 23.0 Å². The van der Waals surface area contributed by atoms with E-state index in [1.165, 1.54) is 0 Å². The van der Waals surface area contributed by atoms with Gasteiger partial charge in [0, 0.05) is 6.42 Å². The molecule has 0 saturated carbocycles. The van der Waals surface area contributed by atoms with Gasteiger partial charge in [-0.25, -0.2) is 0 Å². The highest BCUT2D eigenvalue weighted by Gasteiger charge is 2.16. The third kappa shape index (κ3) is 2.58. The Morgan fingerprint density at radius 3 is 3.00 bits per heavy atom. The number of aromatic nitrogens is 2. The molecule has 3 aromatic rings. The first-order valence-electron chi connectivity index (χ1n) is 6.67. The molecule has 2 heterocycles. The van der Waals surface area contributed by atoms with Crippen molar-refractivity contribution in [2.24, 2.45) is 0 Å². The lowest BCUT2D eigenvalue weighted by Crippen LogP contribution is -1.97.